The van der Waals surface area contributed by atoms with Crippen LogP contribution in [0.4, 0.5) is 5.69 Å². The molecular formula is C24H30ClN3O2. The number of anilines is 1. The fourth-order valence-corrected chi connectivity index (χ4v) is 3.89. The van der Waals surface area contributed by atoms with Crippen LogP contribution >= 0.6 is 11.6 Å². The molecule has 1 saturated heterocycles. The van der Waals surface area contributed by atoms with Crippen molar-refractivity contribution < 1.29 is 9.59 Å². The van der Waals surface area contributed by atoms with Crippen molar-refractivity contribution in [3.05, 3.63) is 64.7 Å². The van der Waals surface area contributed by atoms with Crippen molar-refractivity contribution in [3.63, 3.8) is 0 Å². The topological polar surface area (TPSA) is 61.4 Å². The molecule has 6 heteroatoms. The Bertz CT molecular complexity index is 899. The van der Waals surface area contributed by atoms with Gasteiger partial charge in [-0.1, -0.05) is 35.9 Å². The van der Waals surface area contributed by atoms with Crippen molar-refractivity contribution in [2.24, 2.45) is 5.92 Å². The van der Waals surface area contributed by atoms with Gasteiger partial charge in [-0.3, -0.25) is 14.5 Å². The van der Waals surface area contributed by atoms with E-state index in [-0.39, 0.29) is 23.3 Å². The Hall–Kier alpha value is -2.37. The lowest BCUT2D eigenvalue weighted by Crippen LogP contribution is -2.41. The molecule has 0 radical (unpaired) electrons. The molecule has 0 bridgehead atoms. The summed E-state index contributed by atoms with van der Waals surface area (Å²) in [6.07, 6.45) is 1.59. The maximum Gasteiger partial charge on any atom is 0.253 e. The minimum Gasteiger partial charge on any atom is -0.347 e. The third kappa shape index (κ3) is 6.31. The molecule has 2 aromatic rings. The van der Waals surface area contributed by atoms with E-state index in [0.717, 1.165) is 37.5 Å². The summed E-state index contributed by atoms with van der Waals surface area (Å²) in [6, 6.07) is 15.1. The maximum atomic E-state index is 12.9. The Morgan fingerprint density at radius 3 is 2.43 bits per heavy atom. The number of amides is 2. The number of piperidine rings is 1. The number of carbonyl (C=O) groups is 2. The molecule has 3 rings (SSSR count). The van der Waals surface area contributed by atoms with E-state index >= 15 is 0 Å². The molecule has 160 valence electrons. The summed E-state index contributed by atoms with van der Waals surface area (Å²) >= 11 is 6.07. The Balaban J connectivity index is 1.57. The predicted octanol–water partition coefficient (Wildman–Crippen LogP) is 4.72. The molecular weight excluding hydrogens is 398 g/mol. The summed E-state index contributed by atoms with van der Waals surface area (Å²) in [4.78, 5) is 27.8. The van der Waals surface area contributed by atoms with Crippen molar-refractivity contribution in [3.8, 4) is 0 Å². The first-order chi connectivity index (χ1) is 14.2. The fraction of sp³-hybridized carbons (Fsp3) is 0.417. The molecule has 2 amide bonds. The summed E-state index contributed by atoms with van der Waals surface area (Å²) in [6.45, 7) is 8.36. The Morgan fingerprint density at radius 2 is 1.77 bits per heavy atom. The van der Waals surface area contributed by atoms with Crippen LogP contribution < -0.4 is 10.6 Å². The molecule has 0 atom stereocenters. The number of likely N-dealkylation sites (tertiary alicyclic amines) is 1. The average molecular weight is 428 g/mol. The van der Waals surface area contributed by atoms with Gasteiger partial charge in [0.1, 0.15) is 0 Å². The van der Waals surface area contributed by atoms with Gasteiger partial charge in [0.05, 0.1) is 11.3 Å². The second-order valence-corrected chi connectivity index (χ2v) is 9.36. The summed E-state index contributed by atoms with van der Waals surface area (Å²) in [5.74, 6) is -0.262. The van der Waals surface area contributed by atoms with Gasteiger partial charge < -0.3 is 10.6 Å². The standard InChI is InChI=1S/C24H30ClN3O2/c1-24(2,3)27-23(30)20-9-4-5-10-21(20)26-22(29)18-11-13-28(14-12-18)16-17-7-6-8-19(25)15-17/h4-10,15,18H,11-14,16H2,1-3H3,(H,26,29)(H,27,30). The second-order valence-electron chi connectivity index (χ2n) is 8.92. The van der Waals surface area contributed by atoms with Crippen LogP contribution in [0.3, 0.4) is 0 Å². The zero-order valence-electron chi connectivity index (χ0n) is 17.9. The Morgan fingerprint density at radius 1 is 1.07 bits per heavy atom. The predicted molar refractivity (Wildman–Crippen MR) is 122 cm³/mol. The van der Waals surface area contributed by atoms with Crippen molar-refractivity contribution in [1.82, 2.24) is 10.2 Å². The van der Waals surface area contributed by atoms with Crippen molar-refractivity contribution in [1.29, 1.82) is 0 Å². The van der Waals surface area contributed by atoms with E-state index in [1.54, 1.807) is 12.1 Å². The maximum absolute atomic E-state index is 12.9. The minimum absolute atomic E-state index is 0.0200. The molecule has 2 aromatic carbocycles. The van der Waals surface area contributed by atoms with Crippen LogP contribution in [0.2, 0.25) is 5.02 Å². The lowest BCUT2D eigenvalue weighted by Gasteiger charge is -2.31. The van der Waals surface area contributed by atoms with Gasteiger partial charge in [0.25, 0.3) is 5.91 Å². The monoisotopic (exact) mass is 427 g/mol. The summed E-state index contributed by atoms with van der Waals surface area (Å²) in [5, 5.41) is 6.68. The highest BCUT2D eigenvalue weighted by Gasteiger charge is 2.26. The highest BCUT2D eigenvalue weighted by Crippen LogP contribution is 2.23. The largest absolute Gasteiger partial charge is 0.347 e. The number of carbonyl (C=O) groups excluding carboxylic acids is 2. The molecule has 1 aliphatic heterocycles. The Labute approximate surface area is 183 Å². The van der Waals surface area contributed by atoms with Gasteiger partial charge in [0, 0.05) is 23.0 Å². The molecule has 1 heterocycles. The normalized spacial score (nSPS) is 15.6. The molecule has 0 aromatic heterocycles. The van der Waals surface area contributed by atoms with Crippen LogP contribution in [0, 0.1) is 5.92 Å². The van der Waals surface area contributed by atoms with Crippen LogP contribution in [-0.2, 0) is 11.3 Å². The van der Waals surface area contributed by atoms with Gasteiger partial charge in [-0.2, -0.15) is 0 Å². The third-order valence-electron chi connectivity index (χ3n) is 5.17. The van der Waals surface area contributed by atoms with E-state index < -0.39 is 0 Å². The van der Waals surface area contributed by atoms with Crippen molar-refractivity contribution >= 4 is 29.1 Å². The number of para-hydroxylation sites is 1. The second kappa shape index (κ2) is 9.63. The molecule has 0 saturated carbocycles. The zero-order valence-corrected chi connectivity index (χ0v) is 18.6. The van der Waals surface area contributed by atoms with Crippen LogP contribution in [0.25, 0.3) is 0 Å². The fourth-order valence-electron chi connectivity index (χ4n) is 3.68. The van der Waals surface area contributed by atoms with Gasteiger partial charge >= 0.3 is 0 Å². The summed E-state index contributed by atoms with van der Waals surface area (Å²) in [7, 11) is 0. The Kier molecular flexibility index (Phi) is 7.16. The van der Waals surface area contributed by atoms with E-state index in [0.29, 0.717) is 11.3 Å². The lowest BCUT2D eigenvalue weighted by atomic mass is 9.95. The van der Waals surface area contributed by atoms with Gasteiger partial charge in [0.2, 0.25) is 5.91 Å². The number of nitrogens with zero attached hydrogens (tertiary/aromatic N) is 1. The van der Waals surface area contributed by atoms with Crippen molar-refractivity contribution in [2.75, 3.05) is 18.4 Å². The number of halogens is 1. The number of hydrogen-bond acceptors (Lipinski definition) is 3. The molecule has 5 nitrogen and oxygen atoms in total. The zero-order chi connectivity index (χ0) is 21.7. The molecule has 2 N–H and O–H groups in total. The van der Waals surface area contributed by atoms with Crippen LogP contribution in [0.1, 0.15) is 49.5 Å². The first-order valence-corrected chi connectivity index (χ1v) is 10.8. The van der Waals surface area contributed by atoms with E-state index in [2.05, 4.69) is 21.6 Å². The number of benzene rings is 2. The summed E-state index contributed by atoms with van der Waals surface area (Å²) < 4.78 is 0. The quantitative estimate of drug-likeness (QED) is 0.725. The minimum atomic E-state index is -0.343. The van der Waals surface area contributed by atoms with Crippen LogP contribution in [-0.4, -0.2) is 35.3 Å². The lowest BCUT2D eigenvalue weighted by molar-refractivity contribution is -0.121. The average Bonchev–Trinajstić information content (AvgIpc) is 2.67. The van der Waals surface area contributed by atoms with Gasteiger partial charge in [0.15, 0.2) is 0 Å². The van der Waals surface area contributed by atoms with E-state index in [9.17, 15) is 9.59 Å². The number of nitrogens with one attached hydrogen (secondary N) is 2. The first kappa shape index (κ1) is 22.3. The molecule has 1 fully saturated rings. The third-order valence-corrected chi connectivity index (χ3v) is 5.41. The van der Waals surface area contributed by atoms with E-state index in [4.69, 9.17) is 11.6 Å². The molecule has 30 heavy (non-hydrogen) atoms. The number of rotatable bonds is 5. The van der Waals surface area contributed by atoms with Gasteiger partial charge in [-0.15, -0.1) is 0 Å². The molecule has 0 spiro atoms. The van der Waals surface area contributed by atoms with Gasteiger partial charge in [-0.05, 0) is 76.5 Å². The first-order valence-electron chi connectivity index (χ1n) is 10.4. The number of hydrogen-bond donors (Lipinski definition) is 2. The molecule has 0 aliphatic carbocycles. The van der Waals surface area contributed by atoms with E-state index in [1.807, 2.05) is 51.1 Å². The smallest absolute Gasteiger partial charge is 0.253 e. The van der Waals surface area contributed by atoms with Gasteiger partial charge in [-0.25, -0.2) is 0 Å². The van der Waals surface area contributed by atoms with Crippen LogP contribution in [0.15, 0.2) is 48.5 Å². The summed E-state index contributed by atoms with van der Waals surface area (Å²) in [5.41, 5.74) is 1.89. The highest BCUT2D eigenvalue weighted by atomic mass is 35.5. The SMILES string of the molecule is CC(C)(C)NC(=O)c1ccccc1NC(=O)C1CCN(Cc2cccc(Cl)c2)CC1. The van der Waals surface area contributed by atoms with Crippen molar-refractivity contribution in [2.45, 2.75) is 45.7 Å². The molecule has 0 unspecified atom stereocenters. The highest BCUT2D eigenvalue weighted by molar-refractivity contribution is 6.30. The molecule has 1 aliphatic rings. The van der Waals surface area contributed by atoms with E-state index in [1.165, 1.54) is 5.56 Å². The van der Waals surface area contributed by atoms with Crippen LogP contribution in [0.5, 0.6) is 0 Å².